The van der Waals surface area contributed by atoms with Gasteiger partial charge >= 0.3 is 5.97 Å². The Balaban J connectivity index is 2.53. The first kappa shape index (κ1) is 13.6. The van der Waals surface area contributed by atoms with Gasteiger partial charge in [-0.1, -0.05) is 11.6 Å². The maximum atomic E-state index is 10.8. The van der Waals surface area contributed by atoms with Gasteiger partial charge in [-0.15, -0.1) is 11.3 Å². The van der Waals surface area contributed by atoms with Gasteiger partial charge in [-0.3, -0.25) is 0 Å². The number of thiazole rings is 1. The lowest BCUT2D eigenvalue weighted by Gasteiger charge is -2.11. The molecule has 0 atom stereocenters. The molecule has 1 aromatic heterocycles. The molecule has 1 heterocycles. The molecule has 0 bridgehead atoms. The lowest BCUT2D eigenvalue weighted by molar-refractivity contribution is 0.0702. The SMILES string of the molecule is COc1ccc(-c2ncc(C(=O)O)s2)c(Cl)c1OC. The van der Waals surface area contributed by atoms with Gasteiger partial charge in [-0.2, -0.15) is 0 Å². The third-order valence-electron chi connectivity index (χ3n) is 2.43. The zero-order chi connectivity index (χ0) is 14.0. The number of hydrogen-bond donors (Lipinski definition) is 1. The second-order valence-corrected chi connectivity index (χ2v) is 4.91. The highest BCUT2D eigenvalue weighted by atomic mass is 35.5. The molecule has 0 aliphatic heterocycles. The van der Waals surface area contributed by atoms with Crippen molar-refractivity contribution < 1.29 is 19.4 Å². The van der Waals surface area contributed by atoms with Crippen molar-refractivity contribution in [3.05, 3.63) is 28.2 Å². The Labute approximate surface area is 118 Å². The van der Waals surface area contributed by atoms with E-state index in [0.717, 1.165) is 11.3 Å². The number of carboxylic acid groups (broad SMARTS) is 1. The van der Waals surface area contributed by atoms with Crippen molar-refractivity contribution in [2.75, 3.05) is 14.2 Å². The third kappa shape index (κ3) is 2.50. The molecule has 0 saturated carbocycles. The van der Waals surface area contributed by atoms with Crippen LogP contribution in [0.1, 0.15) is 9.67 Å². The van der Waals surface area contributed by atoms with E-state index in [1.54, 1.807) is 12.1 Å². The van der Waals surface area contributed by atoms with Gasteiger partial charge in [0.25, 0.3) is 0 Å². The number of hydrogen-bond acceptors (Lipinski definition) is 5. The number of rotatable bonds is 4. The molecular formula is C12H10ClNO4S. The number of nitrogens with zero attached hydrogens (tertiary/aromatic N) is 1. The minimum atomic E-state index is -1.01. The molecule has 19 heavy (non-hydrogen) atoms. The van der Waals surface area contributed by atoms with Gasteiger partial charge in [0, 0.05) is 5.56 Å². The first-order chi connectivity index (χ1) is 9.08. The standard InChI is InChI=1S/C12H10ClNO4S/c1-17-7-4-3-6(9(13)10(7)18-2)11-14-5-8(19-11)12(15)16/h3-5H,1-2H3,(H,15,16). The van der Waals surface area contributed by atoms with Crippen LogP contribution in [0.15, 0.2) is 18.3 Å². The molecule has 0 amide bonds. The molecule has 7 heteroatoms. The summed E-state index contributed by atoms with van der Waals surface area (Å²) >= 11 is 7.28. The van der Waals surface area contributed by atoms with E-state index in [9.17, 15) is 4.79 Å². The van der Waals surface area contributed by atoms with Crippen LogP contribution >= 0.6 is 22.9 Å². The zero-order valence-electron chi connectivity index (χ0n) is 10.1. The summed E-state index contributed by atoms with van der Waals surface area (Å²) in [5.41, 5.74) is 0.608. The molecule has 0 aliphatic carbocycles. The number of aromatic carboxylic acids is 1. The highest BCUT2D eigenvalue weighted by Crippen LogP contribution is 2.42. The van der Waals surface area contributed by atoms with Crippen molar-refractivity contribution in [3.63, 3.8) is 0 Å². The quantitative estimate of drug-likeness (QED) is 0.939. The smallest absolute Gasteiger partial charge is 0.347 e. The topological polar surface area (TPSA) is 68.7 Å². The Kier molecular flexibility index (Phi) is 3.92. The normalized spacial score (nSPS) is 10.3. The van der Waals surface area contributed by atoms with Crippen LogP contribution in [0, 0.1) is 0 Å². The molecule has 1 N–H and O–H groups in total. The molecule has 0 spiro atoms. The van der Waals surface area contributed by atoms with E-state index in [1.807, 2.05) is 0 Å². The van der Waals surface area contributed by atoms with Crippen LogP contribution in [0.25, 0.3) is 10.6 Å². The van der Waals surface area contributed by atoms with Crippen LogP contribution < -0.4 is 9.47 Å². The largest absolute Gasteiger partial charge is 0.493 e. The van der Waals surface area contributed by atoms with Crippen LogP contribution in [0.2, 0.25) is 5.02 Å². The molecule has 1 aromatic carbocycles. The van der Waals surface area contributed by atoms with Gasteiger partial charge in [-0.05, 0) is 12.1 Å². The van der Waals surface area contributed by atoms with Gasteiger partial charge in [0.1, 0.15) is 9.88 Å². The number of methoxy groups -OCH3 is 2. The van der Waals surface area contributed by atoms with Crippen molar-refractivity contribution >= 4 is 28.9 Å². The van der Waals surface area contributed by atoms with E-state index in [-0.39, 0.29) is 4.88 Å². The first-order valence-electron chi connectivity index (χ1n) is 5.18. The summed E-state index contributed by atoms with van der Waals surface area (Å²) in [7, 11) is 3.00. The number of carboxylic acids is 1. The summed E-state index contributed by atoms with van der Waals surface area (Å²) in [4.78, 5) is 15.1. The van der Waals surface area contributed by atoms with Crippen LogP contribution in [0.4, 0.5) is 0 Å². The van der Waals surface area contributed by atoms with E-state index < -0.39 is 5.97 Å². The van der Waals surface area contributed by atoms with Crippen molar-refractivity contribution in [1.82, 2.24) is 4.98 Å². The number of halogens is 1. The highest BCUT2D eigenvalue weighted by molar-refractivity contribution is 7.16. The Morgan fingerprint density at radius 3 is 2.63 bits per heavy atom. The minimum Gasteiger partial charge on any atom is -0.493 e. The molecule has 5 nitrogen and oxygen atoms in total. The van der Waals surface area contributed by atoms with Crippen LogP contribution in [0.5, 0.6) is 11.5 Å². The predicted octanol–water partition coefficient (Wildman–Crippen LogP) is 3.18. The molecular weight excluding hydrogens is 290 g/mol. The van der Waals surface area contributed by atoms with Crippen LogP contribution in [-0.2, 0) is 0 Å². The summed E-state index contributed by atoms with van der Waals surface area (Å²) in [6.45, 7) is 0. The number of ether oxygens (including phenoxy) is 2. The average Bonchev–Trinajstić information content (AvgIpc) is 2.87. The lowest BCUT2D eigenvalue weighted by atomic mass is 10.2. The first-order valence-corrected chi connectivity index (χ1v) is 6.38. The molecule has 2 aromatic rings. The monoisotopic (exact) mass is 299 g/mol. The lowest BCUT2D eigenvalue weighted by Crippen LogP contribution is -1.92. The van der Waals surface area contributed by atoms with Crippen molar-refractivity contribution in [2.24, 2.45) is 0 Å². The Bertz CT molecular complexity index is 626. The molecule has 100 valence electrons. The third-order valence-corrected chi connectivity index (χ3v) is 3.83. The van der Waals surface area contributed by atoms with E-state index in [1.165, 1.54) is 20.4 Å². The highest BCUT2D eigenvalue weighted by Gasteiger charge is 2.18. The van der Waals surface area contributed by atoms with Gasteiger partial charge in [0.05, 0.1) is 25.4 Å². The van der Waals surface area contributed by atoms with Gasteiger partial charge in [0.15, 0.2) is 11.5 Å². The molecule has 0 fully saturated rings. The predicted molar refractivity (Wildman–Crippen MR) is 72.6 cm³/mol. The number of benzene rings is 1. The maximum absolute atomic E-state index is 10.8. The van der Waals surface area contributed by atoms with Gasteiger partial charge in [-0.25, -0.2) is 9.78 Å². The fourth-order valence-corrected chi connectivity index (χ4v) is 2.72. The van der Waals surface area contributed by atoms with Crippen molar-refractivity contribution in [3.8, 4) is 22.1 Å². The fraction of sp³-hybridized carbons (Fsp3) is 0.167. The van der Waals surface area contributed by atoms with Crippen molar-refractivity contribution in [1.29, 1.82) is 0 Å². The fourth-order valence-electron chi connectivity index (χ4n) is 1.55. The van der Waals surface area contributed by atoms with Gasteiger partial charge < -0.3 is 14.6 Å². The van der Waals surface area contributed by atoms with E-state index >= 15 is 0 Å². The van der Waals surface area contributed by atoms with E-state index in [0.29, 0.717) is 27.1 Å². The minimum absolute atomic E-state index is 0.154. The average molecular weight is 300 g/mol. The van der Waals surface area contributed by atoms with Gasteiger partial charge in [0.2, 0.25) is 0 Å². The second-order valence-electron chi connectivity index (χ2n) is 3.50. The second kappa shape index (κ2) is 5.46. The molecule has 0 aliphatic rings. The molecule has 0 radical (unpaired) electrons. The summed E-state index contributed by atoms with van der Waals surface area (Å²) in [5, 5.41) is 9.75. The Morgan fingerprint density at radius 2 is 2.11 bits per heavy atom. The summed E-state index contributed by atoms with van der Waals surface area (Å²) in [5.74, 6) is -0.111. The molecule has 2 rings (SSSR count). The van der Waals surface area contributed by atoms with Crippen LogP contribution in [0.3, 0.4) is 0 Å². The summed E-state index contributed by atoms with van der Waals surface area (Å²) < 4.78 is 10.3. The van der Waals surface area contributed by atoms with Crippen molar-refractivity contribution in [2.45, 2.75) is 0 Å². The summed E-state index contributed by atoms with van der Waals surface area (Å²) in [6, 6.07) is 3.41. The van der Waals surface area contributed by atoms with Crippen LogP contribution in [-0.4, -0.2) is 30.3 Å². The summed E-state index contributed by atoms with van der Waals surface area (Å²) in [6.07, 6.45) is 1.30. The van der Waals surface area contributed by atoms with E-state index in [2.05, 4.69) is 4.98 Å². The van der Waals surface area contributed by atoms with E-state index in [4.69, 9.17) is 26.2 Å². The molecule has 0 unspecified atom stereocenters. The zero-order valence-corrected chi connectivity index (χ0v) is 11.7. The number of carbonyl (C=O) groups is 1. The number of aromatic nitrogens is 1. The Hall–Kier alpha value is -1.79. The Morgan fingerprint density at radius 1 is 1.37 bits per heavy atom. The molecule has 0 saturated heterocycles. The maximum Gasteiger partial charge on any atom is 0.347 e.